The molecular weight excluding hydrogens is 372 g/mol. The van der Waals surface area contributed by atoms with Gasteiger partial charge in [-0.2, -0.15) is 0 Å². The molecule has 1 aromatic carbocycles. The van der Waals surface area contributed by atoms with Crippen LogP contribution >= 0.6 is 34.9 Å². The minimum atomic E-state index is 0.0861. The number of benzene rings is 1. The van der Waals surface area contributed by atoms with Gasteiger partial charge in [0, 0.05) is 46.3 Å². The van der Waals surface area contributed by atoms with E-state index in [2.05, 4.69) is 16.2 Å². The first-order valence-electron chi connectivity index (χ1n) is 8.06. The number of thiophene rings is 1. The Morgan fingerprint density at radius 2 is 2.04 bits per heavy atom. The van der Waals surface area contributed by atoms with E-state index in [4.69, 9.17) is 11.6 Å². The fourth-order valence-electron chi connectivity index (χ4n) is 2.85. The van der Waals surface area contributed by atoms with Gasteiger partial charge in [-0.05, 0) is 48.1 Å². The number of hydrogen-bond acceptors (Lipinski definition) is 4. The molecule has 1 N–H and O–H groups in total. The van der Waals surface area contributed by atoms with Crippen LogP contribution in [0.1, 0.15) is 18.9 Å². The van der Waals surface area contributed by atoms with Crippen LogP contribution in [0.25, 0.3) is 21.6 Å². The molecule has 0 atom stereocenters. The van der Waals surface area contributed by atoms with Crippen molar-refractivity contribution in [3.63, 3.8) is 0 Å². The van der Waals surface area contributed by atoms with Gasteiger partial charge in [-0.3, -0.25) is 4.79 Å². The lowest BCUT2D eigenvalue weighted by Gasteiger charge is -2.07. The van der Waals surface area contributed by atoms with E-state index in [0.717, 1.165) is 45.1 Å². The molecule has 3 aromatic rings. The lowest BCUT2D eigenvalue weighted by atomic mass is 10.1. The molecule has 6 heteroatoms. The summed E-state index contributed by atoms with van der Waals surface area (Å²) in [6.45, 7) is 0. The Balaban J connectivity index is 1.66. The minimum absolute atomic E-state index is 0.0861. The van der Waals surface area contributed by atoms with Crippen LogP contribution in [0.15, 0.2) is 52.8 Å². The highest BCUT2D eigenvalue weighted by Gasteiger charge is 2.24. The summed E-state index contributed by atoms with van der Waals surface area (Å²) in [6, 6.07) is 12.1. The quantitative estimate of drug-likeness (QED) is 0.550. The molecule has 128 valence electrons. The van der Waals surface area contributed by atoms with Gasteiger partial charge in [0.05, 0.1) is 5.02 Å². The number of nitrogens with one attached hydrogen (secondary N) is 1. The van der Waals surface area contributed by atoms with Crippen molar-refractivity contribution in [3.05, 3.63) is 63.4 Å². The van der Waals surface area contributed by atoms with Gasteiger partial charge in [-0.15, -0.1) is 11.3 Å². The summed E-state index contributed by atoms with van der Waals surface area (Å²) in [5, 5.41) is 2.84. The SMILES string of the molecule is CSNc1ccc(-c2csc(-c3ccc(=O)n(C4CC4)c3)c2)c(Cl)c1. The zero-order valence-electron chi connectivity index (χ0n) is 13.7. The summed E-state index contributed by atoms with van der Waals surface area (Å²) in [5.74, 6) is 0. The number of rotatable bonds is 5. The Labute approximate surface area is 159 Å². The molecule has 4 rings (SSSR count). The molecule has 1 saturated carbocycles. The first kappa shape index (κ1) is 16.8. The summed E-state index contributed by atoms with van der Waals surface area (Å²) in [5.41, 5.74) is 4.28. The molecule has 0 bridgehead atoms. The van der Waals surface area contributed by atoms with E-state index >= 15 is 0 Å². The van der Waals surface area contributed by atoms with Gasteiger partial charge in [0.15, 0.2) is 0 Å². The molecule has 2 aromatic heterocycles. The van der Waals surface area contributed by atoms with Crippen molar-refractivity contribution in [3.8, 4) is 21.6 Å². The van der Waals surface area contributed by atoms with Gasteiger partial charge in [0.2, 0.25) is 0 Å². The molecule has 1 aliphatic rings. The molecule has 1 fully saturated rings. The van der Waals surface area contributed by atoms with Crippen LogP contribution in [-0.4, -0.2) is 10.8 Å². The predicted molar refractivity (Wildman–Crippen MR) is 110 cm³/mol. The van der Waals surface area contributed by atoms with Crippen LogP contribution in [0.4, 0.5) is 5.69 Å². The first-order valence-corrected chi connectivity index (χ1v) is 10.5. The van der Waals surface area contributed by atoms with Crippen molar-refractivity contribution in [1.82, 2.24) is 4.57 Å². The number of halogens is 1. The normalized spacial score (nSPS) is 13.8. The molecule has 25 heavy (non-hydrogen) atoms. The third-order valence-corrected chi connectivity index (χ3v) is 5.99. The van der Waals surface area contributed by atoms with Crippen LogP contribution in [0.2, 0.25) is 5.02 Å². The van der Waals surface area contributed by atoms with Crippen LogP contribution < -0.4 is 10.3 Å². The van der Waals surface area contributed by atoms with Gasteiger partial charge >= 0.3 is 0 Å². The Morgan fingerprint density at radius 3 is 2.76 bits per heavy atom. The average Bonchev–Trinajstić information content (AvgIpc) is 3.33. The second kappa shape index (κ2) is 6.90. The third kappa shape index (κ3) is 3.50. The van der Waals surface area contributed by atoms with Gasteiger partial charge in [-0.1, -0.05) is 29.6 Å². The highest BCUT2D eigenvalue weighted by atomic mass is 35.5. The van der Waals surface area contributed by atoms with Crippen molar-refractivity contribution in [2.45, 2.75) is 18.9 Å². The number of anilines is 1. The summed E-state index contributed by atoms with van der Waals surface area (Å²) in [6.07, 6.45) is 6.17. The van der Waals surface area contributed by atoms with E-state index in [0.29, 0.717) is 6.04 Å². The molecule has 0 radical (unpaired) electrons. The van der Waals surface area contributed by atoms with Gasteiger partial charge in [-0.25, -0.2) is 0 Å². The molecule has 3 nitrogen and oxygen atoms in total. The molecule has 1 aliphatic carbocycles. The molecule has 0 aliphatic heterocycles. The highest BCUT2D eigenvalue weighted by Crippen LogP contribution is 2.38. The maximum Gasteiger partial charge on any atom is 0.250 e. The number of hydrogen-bond donors (Lipinski definition) is 1. The molecule has 0 saturated heterocycles. The number of pyridine rings is 1. The first-order chi connectivity index (χ1) is 12.2. The van der Waals surface area contributed by atoms with Gasteiger partial charge in [0.1, 0.15) is 0 Å². The highest BCUT2D eigenvalue weighted by molar-refractivity contribution is 7.99. The summed E-state index contributed by atoms with van der Waals surface area (Å²) in [7, 11) is 0. The smallest absolute Gasteiger partial charge is 0.250 e. The second-order valence-electron chi connectivity index (χ2n) is 6.09. The zero-order chi connectivity index (χ0) is 17.4. The van der Waals surface area contributed by atoms with Crippen molar-refractivity contribution in [2.24, 2.45) is 0 Å². The molecular formula is C19H17ClN2OS2. The monoisotopic (exact) mass is 388 g/mol. The lowest BCUT2D eigenvalue weighted by Crippen LogP contribution is -2.16. The summed E-state index contributed by atoms with van der Waals surface area (Å²) < 4.78 is 5.05. The van der Waals surface area contributed by atoms with Crippen molar-refractivity contribution >= 4 is 40.6 Å². The summed E-state index contributed by atoms with van der Waals surface area (Å²) >= 11 is 9.68. The Hall–Kier alpha value is -1.69. The Kier molecular flexibility index (Phi) is 4.63. The van der Waals surface area contributed by atoms with Crippen LogP contribution in [0, 0.1) is 0 Å². The van der Waals surface area contributed by atoms with E-state index in [1.807, 2.05) is 41.3 Å². The maximum absolute atomic E-state index is 12.0. The maximum atomic E-state index is 12.0. The summed E-state index contributed by atoms with van der Waals surface area (Å²) in [4.78, 5) is 13.1. The van der Waals surface area contributed by atoms with Gasteiger partial charge < -0.3 is 9.29 Å². The zero-order valence-corrected chi connectivity index (χ0v) is 16.0. The third-order valence-electron chi connectivity index (χ3n) is 4.26. The Morgan fingerprint density at radius 1 is 1.20 bits per heavy atom. The van der Waals surface area contributed by atoms with Gasteiger partial charge in [0.25, 0.3) is 5.56 Å². The van der Waals surface area contributed by atoms with Crippen molar-refractivity contribution in [2.75, 3.05) is 11.0 Å². The van der Waals surface area contributed by atoms with E-state index in [1.165, 1.54) is 0 Å². The Bertz CT molecular complexity index is 976. The number of aromatic nitrogens is 1. The fourth-order valence-corrected chi connectivity index (χ4v) is 4.40. The molecule has 0 spiro atoms. The molecule has 2 heterocycles. The topological polar surface area (TPSA) is 34.0 Å². The van der Waals surface area contributed by atoms with Crippen molar-refractivity contribution in [1.29, 1.82) is 0 Å². The molecule has 0 unspecified atom stereocenters. The van der Waals surface area contributed by atoms with Crippen LogP contribution in [0.3, 0.4) is 0 Å². The largest absolute Gasteiger partial charge is 0.330 e. The van der Waals surface area contributed by atoms with E-state index in [9.17, 15) is 4.79 Å². The minimum Gasteiger partial charge on any atom is -0.330 e. The van der Waals surface area contributed by atoms with E-state index in [1.54, 1.807) is 29.4 Å². The van der Waals surface area contributed by atoms with Crippen molar-refractivity contribution < 1.29 is 0 Å². The standard InChI is InChI=1S/C19H17ClN2OS2/c1-24-21-14-3-6-16(17(20)9-14)13-8-18(25-11-13)12-2-7-19(23)22(10-12)15-4-5-15/h2-3,6-11,15,21H,4-5H2,1H3. The van der Waals surface area contributed by atoms with Crippen LogP contribution in [0.5, 0.6) is 0 Å². The van der Waals surface area contributed by atoms with E-state index < -0.39 is 0 Å². The fraction of sp³-hybridized carbons (Fsp3) is 0.211. The second-order valence-corrected chi connectivity index (χ2v) is 8.03. The number of nitrogens with zero attached hydrogens (tertiary/aromatic N) is 1. The van der Waals surface area contributed by atoms with E-state index in [-0.39, 0.29) is 5.56 Å². The molecule has 0 amide bonds. The van der Waals surface area contributed by atoms with Crippen LogP contribution in [-0.2, 0) is 0 Å². The average molecular weight is 389 g/mol. The predicted octanol–water partition coefficient (Wildman–Crippen LogP) is 5.92. The lowest BCUT2D eigenvalue weighted by molar-refractivity contribution is 0.709.